The SMILES string of the molecule is Cc1[nH]c2c(=O)[nH]cnc2c1CNC(C)c1ccc(C(C)C)cc1. The van der Waals surface area contributed by atoms with E-state index in [1.807, 2.05) is 6.92 Å². The number of nitrogens with one attached hydrogen (secondary N) is 3. The van der Waals surface area contributed by atoms with Crippen LogP contribution < -0.4 is 10.9 Å². The van der Waals surface area contributed by atoms with E-state index in [2.05, 4.69) is 65.3 Å². The summed E-state index contributed by atoms with van der Waals surface area (Å²) in [5.41, 5.74) is 5.77. The molecule has 2 heterocycles. The second kappa shape index (κ2) is 6.61. The van der Waals surface area contributed by atoms with Crippen molar-refractivity contribution in [3.05, 3.63) is 63.3 Å². The summed E-state index contributed by atoms with van der Waals surface area (Å²) in [5, 5.41) is 3.53. The number of aromatic amines is 2. The first-order valence-corrected chi connectivity index (χ1v) is 8.35. The third-order valence-electron chi connectivity index (χ3n) is 4.59. The third-order valence-corrected chi connectivity index (χ3v) is 4.59. The molecule has 0 aliphatic rings. The number of nitrogens with zero attached hydrogens (tertiary/aromatic N) is 1. The highest BCUT2D eigenvalue weighted by Gasteiger charge is 2.13. The molecule has 0 bridgehead atoms. The predicted octanol–water partition coefficient (Wildman–Crippen LogP) is 3.53. The van der Waals surface area contributed by atoms with Gasteiger partial charge in [-0.1, -0.05) is 38.1 Å². The van der Waals surface area contributed by atoms with E-state index in [0.29, 0.717) is 18.0 Å². The second-order valence-corrected chi connectivity index (χ2v) is 6.61. The Labute approximate surface area is 141 Å². The molecule has 0 saturated heterocycles. The van der Waals surface area contributed by atoms with Crippen LogP contribution in [-0.2, 0) is 6.54 Å². The predicted molar refractivity (Wildman–Crippen MR) is 97.2 cm³/mol. The van der Waals surface area contributed by atoms with E-state index in [-0.39, 0.29) is 11.6 Å². The van der Waals surface area contributed by atoms with Crippen molar-refractivity contribution in [1.82, 2.24) is 20.3 Å². The van der Waals surface area contributed by atoms with E-state index in [9.17, 15) is 4.79 Å². The summed E-state index contributed by atoms with van der Waals surface area (Å²) in [6.45, 7) is 9.18. The van der Waals surface area contributed by atoms with Crippen LogP contribution in [0, 0.1) is 6.92 Å². The number of aromatic nitrogens is 3. The van der Waals surface area contributed by atoms with Gasteiger partial charge in [0.1, 0.15) is 11.0 Å². The molecule has 0 saturated carbocycles. The highest BCUT2D eigenvalue weighted by molar-refractivity contribution is 5.79. The first kappa shape index (κ1) is 16.5. The quantitative estimate of drug-likeness (QED) is 0.672. The van der Waals surface area contributed by atoms with Crippen molar-refractivity contribution in [3.63, 3.8) is 0 Å². The molecule has 3 aromatic rings. The fourth-order valence-electron chi connectivity index (χ4n) is 2.94. The number of hydrogen-bond acceptors (Lipinski definition) is 3. The van der Waals surface area contributed by atoms with Gasteiger partial charge in [0, 0.05) is 23.8 Å². The molecule has 5 heteroatoms. The number of rotatable bonds is 5. The van der Waals surface area contributed by atoms with Gasteiger partial charge in [0.2, 0.25) is 0 Å². The molecule has 1 atom stereocenters. The molecule has 0 aliphatic heterocycles. The minimum absolute atomic E-state index is 0.133. The molecule has 126 valence electrons. The van der Waals surface area contributed by atoms with Gasteiger partial charge in [-0.2, -0.15) is 0 Å². The molecule has 3 N–H and O–H groups in total. The molecular formula is C19H24N4O. The van der Waals surface area contributed by atoms with Gasteiger partial charge in [0.25, 0.3) is 5.56 Å². The van der Waals surface area contributed by atoms with Crippen LogP contribution in [0.3, 0.4) is 0 Å². The fourth-order valence-corrected chi connectivity index (χ4v) is 2.94. The van der Waals surface area contributed by atoms with Crippen LogP contribution in [0.15, 0.2) is 35.4 Å². The van der Waals surface area contributed by atoms with Crippen LogP contribution in [0.5, 0.6) is 0 Å². The van der Waals surface area contributed by atoms with Crippen LogP contribution in [-0.4, -0.2) is 15.0 Å². The molecule has 1 aromatic carbocycles. The molecule has 0 spiro atoms. The maximum absolute atomic E-state index is 11.8. The van der Waals surface area contributed by atoms with Crippen molar-refractivity contribution >= 4 is 11.0 Å². The molecule has 5 nitrogen and oxygen atoms in total. The topological polar surface area (TPSA) is 73.6 Å². The smallest absolute Gasteiger partial charge is 0.275 e. The summed E-state index contributed by atoms with van der Waals surface area (Å²) >= 11 is 0. The standard InChI is InChI=1S/C19H24N4O/c1-11(2)14-5-7-15(8-6-14)12(3)20-9-16-13(4)23-18-17(16)21-10-22-19(18)24/h5-8,10-12,20,23H,9H2,1-4H3,(H,21,22,24). The zero-order valence-corrected chi connectivity index (χ0v) is 14.6. The Balaban J connectivity index is 1.77. The average molecular weight is 324 g/mol. The normalized spacial score (nSPS) is 12.9. The molecule has 0 radical (unpaired) electrons. The van der Waals surface area contributed by atoms with Gasteiger partial charge >= 0.3 is 0 Å². The van der Waals surface area contributed by atoms with Gasteiger partial charge in [0.05, 0.1) is 6.33 Å². The molecule has 0 fully saturated rings. The summed E-state index contributed by atoms with van der Waals surface area (Å²) in [4.78, 5) is 21.9. The Hall–Kier alpha value is -2.40. The lowest BCUT2D eigenvalue weighted by Crippen LogP contribution is -2.18. The maximum atomic E-state index is 11.8. The number of fused-ring (bicyclic) bond motifs is 1. The molecule has 24 heavy (non-hydrogen) atoms. The van der Waals surface area contributed by atoms with Crippen LogP contribution in [0.4, 0.5) is 0 Å². The summed E-state index contributed by atoms with van der Waals surface area (Å²) in [7, 11) is 0. The van der Waals surface area contributed by atoms with Crippen molar-refractivity contribution in [2.24, 2.45) is 0 Å². The number of hydrogen-bond donors (Lipinski definition) is 3. The molecule has 0 amide bonds. The van der Waals surface area contributed by atoms with E-state index in [4.69, 9.17) is 0 Å². The number of benzene rings is 1. The lowest BCUT2D eigenvalue weighted by Gasteiger charge is -2.15. The zero-order chi connectivity index (χ0) is 17.3. The van der Waals surface area contributed by atoms with Gasteiger partial charge in [-0.05, 0) is 30.9 Å². The lowest BCUT2D eigenvalue weighted by atomic mass is 9.99. The largest absolute Gasteiger partial charge is 0.353 e. The van der Waals surface area contributed by atoms with Crippen LogP contribution in [0.25, 0.3) is 11.0 Å². The lowest BCUT2D eigenvalue weighted by molar-refractivity contribution is 0.574. The molecule has 3 rings (SSSR count). The summed E-state index contributed by atoms with van der Waals surface area (Å²) in [5.74, 6) is 0.542. The van der Waals surface area contributed by atoms with Crippen molar-refractivity contribution in [2.45, 2.75) is 46.2 Å². The van der Waals surface area contributed by atoms with Crippen molar-refractivity contribution < 1.29 is 0 Å². The number of aryl methyl sites for hydroxylation is 1. The van der Waals surface area contributed by atoms with E-state index in [1.165, 1.54) is 17.5 Å². The highest BCUT2D eigenvalue weighted by Crippen LogP contribution is 2.21. The van der Waals surface area contributed by atoms with E-state index < -0.39 is 0 Å². The molecule has 2 aromatic heterocycles. The molecular weight excluding hydrogens is 300 g/mol. The van der Waals surface area contributed by atoms with Crippen LogP contribution in [0.2, 0.25) is 0 Å². The Bertz CT molecular complexity index is 890. The summed E-state index contributed by atoms with van der Waals surface area (Å²) < 4.78 is 0. The van der Waals surface area contributed by atoms with Crippen LogP contribution >= 0.6 is 0 Å². The zero-order valence-electron chi connectivity index (χ0n) is 14.6. The Morgan fingerprint density at radius 3 is 2.46 bits per heavy atom. The second-order valence-electron chi connectivity index (χ2n) is 6.61. The Morgan fingerprint density at radius 2 is 1.79 bits per heavy atom. The maximum Gasteiger partial charge on any atom is 0.275 e. The monoisotopic (exact) mass is 324 g/mol. The summed E-state index contributed by atoms with van der Waals surface area (Å²) in [6, 6.07) is 8.96. The number of H-pyrrole nitrogens is 2. The van der Waals surface area contributed by atoms with Crippen molar-refractivity contribution in [3.8, 4) is 0 Å². The summed E-state index contributed by atoms with van der Waals surface area (Å²) in [6.07, 6.45) is 1.45. The molecule has 1 unspecified atom stereocenters. The van der Waals surface area contributed by atoms with E-state index >= 15 is 0 Å². The van der Waals surface area contributed by atoms with Crippen molar-refractivity contribution in [1.29, 1.82) is 0 Å². The Kier molecular flexibility index (Phi) is 4.53. The minimum atomic E-state index is -0.133. The van der Waals surface area contributed by atoms with Gasteiger partial charge in [-0.25, -0.2) is 4.98 Å². The third kappa shape index (κ3) is 3.12. The highest BCUT2D eigenvalue weighted by atomic mass is 16.1. The van der Waals surface area contributed by atoms with Crippen LogP contribution in [0.1, 0.15) is 55.1 Å². The Morgan fingerprint density at radius 1 is 1.12 bits per heavy atom. The minimum Gasteiger partial charge on any atom is -0.353 e. The fraction of sp³-hybridized carbons (Fsp3) is 0.368. The van der Waals surface area contributed by atoms with Gasteiger partial charge in [-0.3, -0.25) is 4.79 Å². The van der Waals surface area contributed by atoms with E-state index in [1.54, 1.807) is 0 Å². The van der Waals surface area contributed by atoms with E-state index in [0.717, 1.165) is 16.8 Å². The van der Waals surface area contributed by atoms with Crippen molar-refractivity contribution in [2.75, 3.05) is 0 Å². The first-order valence-electron chi connectivity index (χ1n) is 8.35. The molecule has 0 aliphatic carbocycles. The first-order chi connectivity index (χ1) is 11.5. The van der Waals surface area contributed by atoms with Gasteiger partial charge < -0.3 is 15.3 Å². The van der Waals surface area contributed by atoms with Gasteiger partial charge in [0.15, 0.2) is 0 Å². The average Bonchev–Trinajstić information content (AvgIpc) is 2.90. The van der Waals surface area contributed by atoms with Gasteiger partial charge in [-0.15, -0.1) is 0 Å².